The van der Waals surface area contributed by atoms with E-state index in [4.69, 9.17) is 15.1 Å². The molecular weight excluding hydrogens is 508 g/mol. The van der Waals surface area contributed by atoms with E-state index in [9.17, 15) is 24.5 Å². The average molecular weight is 535 g/mol. The summed E-state index contributed by atoms with van der Waals surface area (Å²) in [7, 11) is 0. The third-order valence-electron chi connectivity index (χ3n) is 7.62. The van der Waals surface area contributed by atoms with Gasteiger partial charge in [0.05, 0.1) is 28.5 Å². The SMILES string of the molecule is N#Cc1ccc2c(c1)C(=O)CC1(CCN(C(=O)c3cc(N4CCC(NC(=O)O)CC4)ncc3[N+](=O)[O-])CC1)O2. The molecule has 4 heterocycles. The Bertz CT molecular complexity index is 1390. The molecule has 0 atom stereocenters. The van der Waals surface area contributed by atoms with Gasteiger partial charge in [-0.25, -0.2) is 9.78 Å². The smallest absolute Gasteiger partial charge is 0.404 e. The van der Waals surface area contributed by atoms with E-state index >= 15 is 0 Å². The number of anilines is 1. The summed E-state index contributed by atoms with van der Waals surface area (Å²) in [6.45, 7) is 1.47. The average Bonchev–Trinajstić information content (AvgIpc) is 2.92. The molecule has 13 heteroatoms. The molecule has 3 aliphatic heterocycles. The van der Waals surface area contributed by atoms with E-state index in [1.807, 2.05) is 11.0 Å². The number of ether oxygens (including phenoxy) is 1. The van der Waals surface area contributed by atoms with Crippen molar-refractivity contribution in [2.24, 2.45) is 0 Å². The second kappa shape index (κ2) is 10.2. The van der Waals surface area contributed by atoms with Crippen molar-refractivity contribution < 1.29 is 29.2 Å². The van der Waals surface area contributed by atoms with E-state index < -0.39 is 28.2 Å². The van der Waals surface area contributed by atoms with Gasteiger partial charge in [-0.3, -0.25) is 19.7 Å². The molecule has 13 nitrogen and oxygen atoms in total. The molecule has 5 rings (SSSR count). The molecule has 39 heavy (non-hydrogen) atoms. The van der Waals surface area contributed by atoms with Crippen LogP contribution >= 0.6 is 0 Å². The molecule has 2 amide bonds. The lowest BCUT2D eigenvalue weighted by molar-refractivity contribution is -0.385. The van der Waals surface area contributed by atoms with Crippen molar-refractivity contribution in [3.63, 3.8) is 0 Å². The van der Waals surface area contributed by atoms with Crippen LogP contribution in [-0.2, 0) is 0 Å². The van der Waals surface area contributed by atoms with E-state index in [1.54, 1.807) is 12.1 Å². The van der Waals surface area contributed by atoms with Crippen LogP contribution in [0.1, 0.15) is 58.4 Å². The van der Waals surface area contributed by atoms with E-state index in [0.717, 1.165) is 6.20 Å². The Labute approximate surface area is 223 Å². The molecule has 1 spiro atoms. The third-order valence-corrected chi connectivity index (χ3v) is 7.62. The number of amides is 2. The quantitative estimate of drug-likeness (QED) is 0.437. The summed E-state index contributed by atoms with van der Waals surface area (Å²) in [5.41, 5.74) is -0.485. The Morgan fingerprint density at radius 3 is 2.56 bits per heavy atom. The van der Waals surface area contributed by atoms with Crippen LogP contribution in [0.5, 0.6) is 5.75 Å². The molecule has 202 valence electrons. The molecular formula is C26H26N6O7. The lowest BCUT2D eigenvalue weighted by Crippen LogP contribution is -2.52. The van der Waals surface area contributed by atoms with Gasteiger partial charge < -0.3 is 25.0 Å². The molecule has 0 unspecified atom stereocenters. The van der Waals surface area contributed by atoms with Gasteiger partial charge in [-0.05, 0) is 31.0 Å². The number of nitrogens with zero attached hydrogens (tertiary/aromatic N) is 5. The minimum atomic E-state index is -1.08. The first-order valence-electron chi connectivity index (χ1n) is 12.6. The van der Waals surface area contributed by atoms with Crippen LogP contribution in [0.15, 0.2) is 30.5 Å². The van der Waals surface area contributed by atoms with E-state index in [2.05, 4.69) is 10.3 Å². The maximum atomic E-state index is 13.5. The molecule has 1 aromatic carbocycles. The monoisotopic (exact) mass is 534 g/mol. The largest absolute Gasteiger partial charge is 0.486 e. The maximum absolute atomic E-state index is 13.5. The van der Waals surface area contributed by atoms with Crippen LogP contribution in [0, 0.1) is 21.4 Å². The van der Waals surface area contributed by atoms with Gasteiger partial charge >= 0.3 is 6.09 Å². The van der Waals surface area contributed by atoms with Crippen molar-refractivity contribution >= 4 is 29.3 Å². The summed E-state index contributed by atoms with van der Waals surface area (Å²) >= 11 is 0. The zero-order valence-corrected chi connectivity index (χ0v) is 21.0. The number of carbonyl (C=O) groups is 3. The van der Waals surface area contributed by atoms with E-state index in [-0.39, 0.29) is 36.9 Å². The topological polar surface area (TPSA) is 179 Å². The number of piperidine rings is 2. The Morgan fingerprint density at radius 2 is 1.92 bits per heavy atom. The normalized spacial score (nSPS) is 18.6. The van der Waals surface area contributed by atoms with Gasteiger partial charge in [0, 0.05) is 51.1 Å². The highest BCUT2D eigenvalue weighted by Crippen LogP contribution is 2.40. The van der Waals surface area contributed by atoms with Gasteiger partial charge in [-0.2, -0.15) is 5.26 Å². The number of carbonyl (C=O) groups excluding carboxylic acids is 2. The molecule has 0 aliphatic carbocycles. The number of aromatic nitrogens is 1. The van der Waals surface area contributed by atoms with E-state index in [0.29, 0.717) is 61.5 Å². The van der Waals surface area contributed by atoms with Gasteiger partial charge in [-0.1, -0.05) is 0 Å². The number of benzene rings is 1. The first-order chi connectivity index (χ1) is 18.7. The highest BCUT2D eigenvalue weighted by molar-refractivity contribution is 6.01. The number of hydrogen-bond donors (Lipinski definition) is 2. The van der Waals surface area contributed by atoms with Gasteiger partial charge in [-0.15, -0.1) is 0 Å². The molecule has 2 fully saturated rings. The standard InChI is InChI=1S/C26H26N6O7/c27-14-16-1-2-22-19(11-16)21(33)13-26(39-22)5-9-31(10-6-26)24(34)18-12-23(28-15-20(18)32(37)38)30-7-3-17(4-8-30)29-25(35)36/h1-2,11-12,15,17,29H,3-10,13H2,(H,35,36). The van der Waals surface area contributed by atoms with Crippen molar-refractivity contribution in [3.8, 4) is 11.8 Å². The van der Waals surface area contributed by atoms with Crippen LogP contribution in [0.4, 0.5) is 16.3 Å². The number of nitrogens with one attached hydrogen (secondary N) is 1. The number of fused-ring (bicyclic) bond motifs is 1. The second-order valence-electron chi connectivity index (χ2n) is 10.0. The number of pyridine rings is 1. The molecule has 2 aromatic rings. The first kappa shape index (κ1) is 25.9. The number of rotatable bonds is 4. The van der Waals surface area contributed by atoms with Crippen molar-refractivity contribution in [1.82, 2.24) is 15.2 Å². The predicted octanol–water partition coefficient (Wildman–Crippen LogP) is 2.74. The Morgan fingerprint density at radius 1 is 1.21 bits per heavy atom. The number of nitro groups is 1. The summed E-state index contributed by atoms with van der Waals surface area (Å²) in [5.74, 6) is 0.219. The van der Waals surface area contributed by atoms with Gasteiger partial charge in [0.1, 0.15) is 28.9 Å². The van der Waals surface area contributed by atoms with Gasteiger partial charge in [0.15, 0.2) is 5.78 Å². The lowest BCUT2D eigenvalue weighted by Gasteiger charge is -2.44. The highest BCUT2D eigenvalue weighted by Gasteiger charge is 2.44. The Balaban J connectivity index is 1.30. The fourth-order valence-electron chi connectivity index (χ4n) is 5.48. The van der Waals surface area contributed by atoms with Crippen LogP contribution in [0.3, 0.4) is 0 Å². The number of carboxylic acid groups (broad SMARTS) is 1. The van der Waals surface area contributed by atoms with Crippen molar-refractivity contribution in [3.05, 3.63) is 57.3 Å². The fraction of sp³-hybridized carbons (Fsp3) is 0.423. The molecule has 1 aromatic heterocycles. The Kier molecular flexibility index (Phi) is 6.78. The summed E-state index contributed by atoms with van der Waals surface area (Å²) in [4.78, 5) is 56.0. The van der Waals surface area contributed by atoms with Crippen molar-refractivity contribution in [2.45, 2.75) is 43.7 Å². The summed E-state index contributed by atoms with van der Waals surface area (Å²) in [6.07, 6.45) is 1.97. The second-order valence-corrected chi connectivity index (χ2v) is 10.0. The number of hydrogen-bond acceptors (Lipinski definition) is 9. The van der Waals surface area contributed by atoms with Gasteiger partial charge in [0.25, 0.3) is 11.6 Å². The molecule has 2 N–H and O–H groups in total. The minimum absolute atomic E-state index is 0.0678. The maximum Gasteiger partial charge on any atom is 0.404 e. The lowest BCUT2D eigenvalue weighted by atomic mass is 9.82. The minimum Gasteiger partial charge on any atom is -0.486 e. The first-order valence-corrected chi connectivity index (χ1v) is 12.6. The fourth-order valence-corrected chi connectivity index (χ4v) is 5.48. The van der Waals surface area contributed by atoms with Crippen molar-refractivity contribution in [1.29, 1.82) is 5.26 Å². The molecule has 0 saturated carbocycles. The van der Waals surface area contributed by atoms with Crippen LogP contribution in [0.25, 0.3) is 0 Å². The van der Waals surface area contributed by atoms with Gasteiger partial charge in [0.2, 0.25) is 0 Å². The number of nitriles is 1. The summed E-state index contributed by atoms with van der Waals surface area (Å²) in [6, 6.07) is 7.99. The van der Waals surface area contributed by atoms with Crippen LogP contribution < -0.4 is 15.0 Å². The van der Waals surface area contributed by atoms with Crippen LogP contribution in [-0.4, -0.2) is 75.5 Å². The summed E-state index contributed by atoms with van der Waals surface area (Å²) < 4.78 is 6.22. The summed E-state index contributed by atoms with van der Waals surface area (Å²) in [5, 5.41) is 32.2. The molecule has 2 saturated heterocycles. The van der Waals surface area contributed by atoms with E-state index in [1.165, 1.54) is 17.0 Å². The predicted molar refractivity (Wildman–Crippen MR) is 136 cm³/mol. The molecule has 3 aliphatic rings. The zero-order valence-electron chi connectivity index (χ0n) is 21.0. The van der Waals surface area contributed by atoms with Crippen molar-refractivity contribution in [2.75, 3.05) is 31.1 Å². The highest BCUT2D eigenvalue weighted by atomic mass is 16.6. The third kappa shape index (κ3) is 5.18. The number of Topliss-reactive ketones (excluding diaryl/α,β-unsaturated/α-hetero) is 1. The Hall–Kier alpha value is -4.73. The molecule has 0 radical (unpaired) electrons. The molecule has 0 bridgehead atoms. The van der Waals surface area contributed by atoms with Crippen LogP contribution in [0.2, 0.25) is 0 Å². The number of likely N-dealkylation sites (tertiary alicyclic amines) is 1. The zero-order chi connectivity index (χ0) is 27.7. The number of ketones is 1.